The lowest BCUT2D eigenvalue weighted by Gasteiger charge is -2.12. The smallest absolute Gasteiger partial charge is 0.0296 e. The summed E-state index contributed by atoms with van der Waals surface area (Å²) in [6.45, 7) is 18.2. The van der Waals surface area contributed by atoms with Crippen LogP contribution in [0.5, 0.6) is 0 Å². The van der Waals surface area contributed by atoms with E-state index in [2.05, 4.69) is 58.3 Å². The fraction of sp³-hybridized carbons (Fsp3) is 0.619. The first-order valence-electron chi connectivity index (χ1n) is 8.90. The molecule has 0 aromatic carbocycles. The van der Waals surface area contributed by atoms with Crippen LogP contribution in [0.1, 0.15) is 66.2 Å². The van der Waals surface area contributed by atoms with Crippen molar-refractivity contribution in [3.63, 3.8) is 0 Å². The van der Waals surface area contributed by atoms with Gasteiger partial charge in [-0.05, 0) is 62.5 Å². The Labute approximate surface area is 138 Å². The lowest BCUT2D eigenvalue weighted by atomic mass is 9.94. The maximum Gasteiger partial charge on any atom is 0.0296 e. The van der Waals surface area contributed by atoms with E-state index in [0.717, 1.165) is 30.5 Å². The summed E-state index contributed by atoms with van der Waals surface area (Å²) < 4.78 is 0. The second-order valence-electron chi connectivity index (χ2n) is 7.06. The monoisotopic (exact) mass is 301 g/mol. The predicted octanol–water partition coefficient (Wildman–Crippen LogP) is 6.16. The van der Waals surface area contributed by atoms with E-state index in [0.29, 0.717) is 0 Å². The Hall–Kier alpha value is -1.24. The third-order valence-electron chi connectivity index (χ3n) is 4.55. The van der Waals surface area contributed by atoms with Gasteiger partial charge in [0.05, 0.1) is 0 Å². The summed E-state index contributed by atoms with van der Waals surface area (Å²) in [5, 5.41) is 3.45. The fourth-order valence-electron chi connectivity index (χ4n) is 2.53. The van der Waals surface area contributed by atoms with Crippen molar-refractivity contribution in [1.82, 2.24) is 5.32 Å². The zero-order valence-electron chi connectivity index (χ0n) is 15.2. The third-order valence-corrected chi connectivity index (χ3v) is 4.55. The molecule has 0 aliphatic heterocycles. The predicted molar refractivity (Wildman–Crippen MR) is 99.8 cm³/mol. The van der Waals surface area contributed by atoms with Crippen LogP contribution in [0.25, 0.3) is 0 Å². The van der Waals surface area contributed by atoms with Gasteiger partial charge in [0.2, 0.25) is 0 Å². The Morgan fingerprint density at radius 1 is 1.18 bits per heavy atom. The minimum absolute atomic E-state index is 0.799. The highest BCUT2D eigenvalue weighted by molar-refractivity contribution is 5.35. The first-order valence-corrected chi connectivity index (χ1v) is 8.90. The molecule has 0 heterocycles. The van der Waals surface area contributed by atoms with Crippen molar-refractivity contribution < 1.29 is 0 Å². The van der Waals surface area contributed by atoms with E-state index in [9.17, 15) is 0 Å². The summed E-state index contributed by atoms with van der Waals surface area (Å²) in [5.41, 5.74) is 4.84. The molecule has 0 spiro atoms. The molecule has 1 N–H and O–H groups in total. The van der Waals surface area contributed by atoms with Gasteiger partial charge in [-0.1, -0.05) is 57.6 Å². The molecule has 1 saturated carbocycles. The highest BCUT2D eigenvalue weighted by atomic mass is 14.9. The van der Waals surface area contributed by atoms with Crippen LogP contribution >= 0.6 is 0 Å². The summed E-state index contributed by atoms with van der Waals surface area (Å²) >= 11 is 0. The Bertz CT molecular complexity index is 435. The van der Waals surface area contributed by atoms with Crippen LogP contribution in [0.2, 0.25) is 0 Å². The van der Waals surface area contributed by atoms with Gasteiger partial charge in [-0.2, -0.15) is 0 Å². The van der Waals surface area contributed by atoms with E-state index in [1.807, 2.05) is 0 Å². The van der Waals surface area contributed by atoms with Crippen molar-refractivity contribution in [2.45, 2.75) is 66.2 Å². The van der Waals surface area contributed by atoms with Crippen molar-refractivity contribution in [2.24, 2.45) is 11.8 Å². The molecule has 124 valence electrons. The van der Waals surface area contributed by atoms with Crippen molar-refractivity contribution in [2.75, 3.05) is 6.54 Å². The van der Waals surface area contributed by atoms with E-state index in [4.69, 9.17) is 0 Å². The average Bonchev–Trinajstić information content (AvgIpc) is 3.28. The summed E-state index contributed by atoms with van der Waals surface area (Å²) in [6, 6.07) is 0. The number of allylic oxidation sites excluding steroid dienone is 5. The molecule has 0 bridgehead atoms. The number of hydrogen-bond donors (Lipinski definition) is 1. The lowest BCUT2D eigenvalue weighted by molar-refractivity contribution is 0.486. The first kappa shape index (κ1) is 18.8. The molecule has 1 atom stereocenters. The maximum atomic E-state index is 4.14. The van der Waals surface area contributed by atoms with Gasteiger partial charge in [0.15, 0.2) is 0 Å². The van der Waals surface area contributed by atoms with E-state index in [1.54, 1.807) is 0 Å². The Balaban J connectivity index is 2.52. The minimum atomic E-state index is 0.799. The van der Waals surface area contributed by atoms with Gasteiger partial charge in [0.1, 0.15) is 0 Å². The zero-order chi connectivity index (χ0) is 16.5. The molecule has 1 aliphatic carbocycles. The number of nitrogens with one attached hydrogen (secondary N) is 1. The molecule has 1 nitrogen and oxygen atoms in total. The molecule has 1 rings (SSSR count). The molecule has 0 aromatic heterocycles. The highest BCUT2D eigenvalue weighted by Gasteiger charge is 2.20. The molecule has 22 heavy (non-hydrogen) atoms. The van der Waals surface area contributed by atoms with Gasteiger partial charge in [0.25, 0.3) is 0 Å². The summed E-state index contributed by atoms with van der Waals surface area (Å²) in [6.07, 6.45) is 12.1. The van der Waals surface area contributed by atoms with Crippen LogP contribution in [-0.4, -0.2) is 6.54 Å². The van der Waals surface area contributed by atoms with Crippen molar-refractivity contribution >= 4 is 0 Å². The molecule has 1 unspecified atom stereocenters. The van der Waals surface area contributed by atoms with Crippen LogP contribution in [0.15, 0.2) is 47.7 Å². The number of rotatable bonds is 11. The van der Waals surface area contributed by atoms with Crippen molar-refractivity contribution in [3.8, 4) is 0 Å². The topological polar surface area (TPSA) is 12.0 Å². The van der Waals surface area contributed by atoms with E-state index in [1.165, 1.54) is 48.8 Å². The first-order chi connectivity index (χ1) is 10.4. The summed E-state index contributed by atoms with van der Waals surface area (Å²) in [4.78, 5) is 0. The van der Waals surface area contributed by atoms with Crippen LogP contribution < -0.4 is 5.32 Å². The molecule has 0 aromatic rings. The minimum Gasteiger partial charge on any atom is -0.385 e. The summed E-state index contributed by atoms with van der Waals surface area (Å²) in [7, 11) is 0. The second kappa shape index (κ2) is 9.71. The van der Waals surface area contributed by atoms with Crippen LogP contribution in [0, 0.1) is 11.8 Å². The van der Waals surface area contributed by atoms with E-state index < -0.39 is 0 Å². The molecular formula is C21H35N. The second-order valence-corrected chi connectivity index (χ2v) is 7.06. The standard InChI is InChI=1S/C21H35N/c1-7-8-17(4)9-13-21(16(2)3)14-10-18(5)19(6)22-15-20-11-12-20/h10,14,17,20,22H,2,6-9,11-13,15H2,1,3-5H3/b18-10+,21-14-. The van der Waals surface area contributed by atoms with Gasteiger partial charge in [-0.15, -0.1) is 0 Å². The normalized spacial score (nSPS) is 17.3. The van der Waals surface area contributed by atoms with E-state index >= 15 is 0 Å². The molecule has 0 radical (unpaired) electrons. The van der Waals surface area contributed by atoms with Gasteiger partial charge < -0.3 is 5.32 Å². The third kappa shape index (κ3) is 7.68. The molecule has 1 aliphatic rings. The van der Waals surface area contributed by atoms with Crippen molar-refractivity contribution in [3.05, 3.63) is 47.7 Å². The highest BCUT2D eigenvalue weighted by Crippen LogP contribution is 2.28. The Morgan fingerprint density at radius 3 is 2.41 bits per heavy atom. The maximum absolute atomic E-state index is 4.14. The average molecular weight is 302 g/mol. The van der Waals surface area contributed by atoms with Crippen LogP contribution in [0.3, 0.4) is 0 Å². The quantitative estimate of drug-likeness (QED) is 0.450. The Kier molecular flexibility index (Phi) is 8.30. The largest absolute Gasteiger partial charge is 0.385 e. The molecule has 1 heteroatoms. The number of hydrogen-bond acceptors (Lipinski definition) is 1. The van der Waals surface area contributed by atoms with E-state index in [-0.39, 0.29) is 0 Å². The van der Waals surface area contributed by atoms with Crippen LogP contribution in [0.4, 0.5) is 0 Å². The van der Waals surface area contributed by atoms with Gasteiger partial charge in [-0.3, -0.25) is 0 Å². The van der Waals surface area contributed by atoms with Gasteiger partial charge in [0, 0.05) is 12.2 Å². The van der Waals surface area contributed by atoms with Gasteiger partial charge in [-0.25, -0.2) is 0 Å². The van der Waals surface area contributed by atoms with Gasteiger partial charge >= 0.3 is 0 Å². The molecule has 1 fully saturated rings. The molecule has 0 saturated heterocycles. The Morgan fingerprint density at radius 2 is 1.86 bits per heavy atom. The fourth-order valence-corrected chi connectivity index (χ4v) is 2.53. The van der Waals surface area contributed by atoms with Crippen molar-refractivity contribution in [1.29, 1.82) is 0 Å². The lowest BCUT2D eigenvalue weighted by Crippen LogP contribution is -2.16. The molecular weight excluding hydrogens is 266 g/mol. The molecule has 0 amide bonds. The zero-order valence-corrected chi connectivity index (χ0v) is 15.2. The SMILES string of the molecule is C=C(C)/C(=C\C=C(/C)C(=C)NCC1CC1)CCC(C)CCC. The van der Waals surface area contributed by atoms with Crippen LogP contribution in [-0.2, 0) is 0 Å². The summed E-state index contributed by atoms with van der Waals surface area (Å²) in [5.74, 6) is 1.68.